The van der Waals surface area contributed by atoms with E-state index in [2.05, 4.69) is 49.8 Å². The first kappa shape index (κ1) is 14.0. The zero-order valence-corrected chi connectivity index (χ0v) is 13.8. The van der Waals surface area contributed by atoms with Crippen LogP contribution in [0, 0.1) is 6.92 Å². The zero-order valence-electron chi connectivity index (χ0n) is 9.83. The lowest BCUT2D eigenvalue weighted by Gasteiger charge is -2.13. The third kappa shape index (κ3) is 3.34. The molecule has 0 radical (unpaired) electrons. The predicted molar refractivity (Wildman–Crippen MR) is 83.5 cm³/mol. The first-order valence-electron chi connectivity index (χ1n) is 5.57. The van der Waals surface area contributed by atoms with Gasteiger partial charge in [0.05, 0.1) is 0 Å². The van der Waals surface area contributed by atoms with Crippen LogP contribution in [0.1, 0.15) is 21.6 Å². The van der Waals surface area contributed by atoms with Gasteiger partial charge in [-0.3, -0.25) is 4.98 Å². The van der Waals surface area contributed by atoms with Crippen molar-refractivity contribution in [1.29, 1.82) is 0 Å². The van der Waals surface area contributed by atoms with Gasteiger partial charge in [-0.05, 0) is 36.2 Å². The second-order valence-electron chi connectivity index (χ2n) is 4.10. The molecule has 1 aromatic carbocycles. The maximum atomic E-state index is 6.25. The number of benzene rings is 1. The van der Waals surface area contributed by atoms with Crippen molar-refractivity contribution in [2.24, 2.45) is 0 Å². The highest BCUT2D eigenvalue weighted by atomic mass is 79.9. The van der Waals surface area contributed by atoms with E-state index in [1.807, 2.05) is 30.5 Å². The molecule has 18 heavy (non-hydrogen) atoms. The van der Waals surface area contributed by atoms with Crippen molar-refractivity contribution >= 4 is 43.5 Å². The SMILES string of the molecule is Cc1cccnc1CC(Br)c1ccc(Br)cc1Cl. The molecule has 0 saturated heterocycles. The van der Waals surface area contributed by atoms with E-state index in [0.29, 0.717) is 0 Å². The van der Waals surface area contributed by atoms with Crippen molar-refractivity contribution in [1.82, 2.24) is 4.98 Å². The van der Waals surface area contributed by atoms with Crippen LogP contribution in [0.15, 0.2) is 41.0 Å². The number of hydrogen-bond donors (Lipinski definition) is 0. The van der Waals surface area contributed by atoms with Crippen LogP contribution in [-0.2, 0) is 6.42 Å². The van der Waals surface area contributed by atoms with Gasteiger partial charge in [0.2, 0.25) is 0 Å². The third-order valence-corrected chi connectivity index (χ3v) is 4.43. The molecule has 1 unspecified atom stereocenters. The first-order chi connectivity index (χ1) is 8.58. The molecule has 94 valence electrons. The van der Waals surface area contributed by atoms with Crippen LogP contribution in [-0.4, -0.2) is 4.98 Å². The van der Waals surface area contributed by atoms with Crippen molar-refractivity contribution < 1.29 is 0 Å². The van der Waals surface area contributed by atoms with Crippen molar-refractivity contribution in [3.8, 4) is 0 Å². The second kappa shape index (κ2) is 6.18. The summed E-state index contributed by atoms with van der Waals surface area (Å²) in [6.45, 7) is 2.07. The fourth-order valence-electron chi connectivity index (χ4n) is 1.77. The molecule has 2 rings (SSSR count). The summed E-state index contributed by atoms with van der Waals surface area (Å²) in [6, 6.07) is 9.97. The molecule has 0 spiro atoms. The summed E-state index contributed by atoms with van der Waals surface area (Å²) >= 11 is 13.4. The minimum atomic E-state index is 0.173. The smallest absolute Gasteiger partial charge is 0.0465 e. The summed E-state index contributed by atoms with van der Waals surface area (Å²) in [7, 11) is 0. The molecule has 0 bridgehead atoms. The predicted octanol–water partition coefficient (Wildman–Crippen LogP) is 5.48. The molecule has 1 aromatic heterocycles. The summed E-state index contributed by atoms with van der Waals surface area (Å²) in [6.07, 6.45) is 2.65. The molecule has 0 aliphatic carbocycles. The Morgan fingerprint density at radius 3 is 2.78 bits per heavy atom. The Morgan fingerprint density at radius 2 is 2.11 bits per heavy atom. The van der Waals surface area contributed by atoms with Crippen LogP contribution in [0.25, 0.3) is 0 Å². The topological polar surface area (TPSA) is 12.9 Å². The average molecular weight is 390 g/mol. The number of nitrogens with zero attached hydrogens (tertiary/aromatic N) is 1. The van der Waals surface area contributed by atoms with Crippen molar-refractivity contribution in [2.75, 3.05) is 0 Å². The normalized spacial score (nSPS) is 12.4. The second-order valence-corrected chi connectivity index (χ2v) is 6.53. The number of aryl methyl sites for hydroxylation is 1. The van der Waals surface area contributed by atoms with Crippen LogP contribution in [0.3, 0.4) is 0 Å². The molecule has 0 N–H and O–H groups in total. The maximum absolute atomic E-state index is 6.25. The van der Waals surface area contributed by atoms with Gasteiger partial charge in [-0.15, -0.1) is 0 Å². The van der Waals surface area contributed by atoms with Gasteiger partial charge in [0.25, 0.3) is 0 Å². The monoisotopic (exact) mass is 387 g/mol. The Bertz CT molecular complexity index is 557. The molecule has 0 fully saturated rings. The largest absolute Gasteiger partial charge is 0.261 e. The van der Waals surface area contributed by atoms with E-state index in [1.54, 1.807) is 0 Å². The number of aromatic nitrogens is 1. The van der Waals surface area contributed by atoms with E-state index in [0.717, 1.165) is 27.2 Å². The molecular formula is C14H12Br2ClN. The Labute approximate surface area is 129 Å². The number of rotatable bonds is 3. The van der Waals surface area contributed by atoms with E-state index < -0.39 is 0 Å². The quantitative estimate of drug-likeness (QED) is 0.633. The van der Waals surface area contributed by atoms with Crippen LogP contribution in [0.5, 0.6) is 0 Å². The fraction of sp³-hybridized carbons (Fsp3) is 0.214. The van der Waals surface area contributed by atoms with Gasteiger partial charge in [-0.1, -0.05) is 55.6 Å². The summed E-state index contributed by atoms with van der Waals surface area (Å²) in [4.78, 5) is 4.58. The molecular weight excluding hydrogens is 377 g/mol. The van der Waals surface area contributed by atoms with E-state index >= 15 is 0 Å². The number of pyridine rings is 1. The highest BCUT2D eigenvalue weighted by Gasteiger charge is 2.14. The minimum absolute atomic E-state index is 0.173. The lowest BCUT2D eigenvalue weighted by atomic mass is 10.1. The van der Waals surface area contributed by atoms with Crippen LogP contribution < -0.4 is 0 Å². The van der Waals surface area contributed by atoms with Gasteiger partial charge in [0, 0.05) is 32.6 Å². The van der Waals surface area contributed by atoms with E-state index in [4.69, 9.17) is 11.6 Å². The van der Waals surface area contributed by atoms with Gasteiger partial charge < -0.3 is 0 Å². The van der Waals surface area contributed by atoms with Crippen molar-refractivity contribution in [3.05, 3.63) is 62.8 Å². The number of alkyl halides is 1. The lowest BCUT2D eigenvalue weighted by molar-refractivity contribution is 0.892. The molecule has 4 heteroatoms. The van der Waals surface area contributed by atoms with E-state index in [1.165, 1.54) is 5.56 Å². The van der Waals surface area contributed by atoms with Gasteiger partial charge in [-0.2, -0.15) is 0 Å². The average Bonchev–Trinajstić information content (AvgIpc) is 2.32. The fourth-order valence-corrected chi connectivity index (χ4v) is 3.41. The highest BCUT2D eigenvalue weighted by Crippen LogP contribution is 2.33. The summed E-state index contributed by atoms with van der Waals surface area (Å²) in [5, 5.41) is 0.764. The lowest BCUT2D eigenvalue weighted by Crippen LogP contribution is -2.00. The molecule has 0 amide bonds. The van der Waals surface area contributed by atoms with E-state index in [9.17, 15) is 0 Å². The molecule has 1 heterocycles. The zero-order chi connectivity index (χ0) is 13.1. The Balaban J connectivity index is 2.22. The summed E-state index contributed by atoms with van der Waals surface area (Å²) < 4.78 is 0.991. The number of halogens is 3. The Hall–Kier alpha value is -0.380. The van der Waals surface area contributed by atoms with Crippen LogP contribution in [0.4, 0.5) is 0 Å². The summed E-state index contributed by atoms with van der Waals surface area (Å²) in [5.74, 6) is 0. The maximum Gasteiger partial charge on any atom is 0.0465 e. The molecule has 2 aromatic rings. The summed E-state index contributed by atoms with van der Waals surface area (Å²) in [5.41, 5.74) is 3.39. The van der Waals surface area contributed by atoms with Gasteiger partial charge in [0.15, 0.2) is 0 Å². The molecule has 0 aliphatic rings. The third-order valence-electron chi connectivity index (χ3n) is 2.79. The first-order valence-corrected chi connectivity index (χ1v) is 7.66. The molecule has 0 aliphatic heterocycles. The molecule has 1 nitrogen and oxygen atoms in total. The van der Waals surface area contributed by atoms with Crippen LogP contribution >= 0.6 is 43.5 Å². The van der Waals surface area contributed by atoms with Crippen molar-refractivity contribution in [3.63, 3.8) is 0 Å². The van der Waals surface area contributed by atoms with Crippen molar-refractivity contribution in [2.45, 2.75) is 18.2 Å². The molecule has 1 atom stereocenters. The van der Waals surface area contributed by atoms with Gasteiger partial charge in [0.1, 0.15) is 0 Å². The standard InChI is InChI=1S/C14H12Br2ClN/c1-9-3-2-6-18-14(9)8-12(16)11-5-4-10(15)7-13(11)17/h2-7,12H,8H2,1H3. The van der Waals surface area contributed by atoms with Crippen LogP contribution in [0.2, 0.25) is 5.02 Å². The van der Waals surface area contributed by atoms with E-state index in [-0.39, 0.29) is 4.83 Å². The number of hydrogen-bond acceptors (Lipinski definition) is 1. The van der Waals surface area contributed by atoms with Gasteiger partial charge in [-0.25, -0.2) is 0 Å². The van der Waals surface area contributed by atoms with Gasteiger partial charge >= 0.3 is 0 Å². The minimum Gasteiger partial charge on any atom is -0.261 e. The highest BCUT2D eigenvalue weighted by molar-refractivity contribution is 9.10. The Kier molecular flexibility index (Phi) is 4.82. The molecule has 0 saturated carbocycles. The Morgan fingerprint density at radius 1 is 1.33 bits per heavy atom.